The van der Waals surface area contributed by atoms with Gasteiger partial charge in [-0.1, -0.05) is 35.9 Å². The van der Waals surface area contributed by atoms with Gasteiger partial charge in [0.15, 0.2) is 5.82 Å². The normalized spacial score (nSPS) is 12.0. The van der Waals surface area contributed by atoms with Crippen molar-refractivity contribution in [2.24, 2.45) is 0 Å². The summed E-state index contributed by atoms with van der Waals surface area (Å²) in [4.78, 5) is 3.35. The fraction of sp³-hybridized carbons (Fsp3) is 0.348. The quantitative estimate of drug-likeness (QED) is 0.521. The molecule has 2 N–H and O–H groups in total. The lowest BCUT2D eigenvalue weighted by Crippen LogP contribution is -2.40. The molecule has 0 amide bonds. The molecular formula is C23H28N6. The number of nitrogens with one attached hydrogen (secondary N) is 2. The fourth-order valence-electron chi connectivity index (χ4n) is 4.16. The molecule has 2 aromatic heterocycles. The van der Waals surface area contributed by atoms with E-state index in [-0.39, 0.29) is 5.54 Å². The van der Waals surface area contributed by atoms with Gasteiger partial charge in [0.1, 0.15) is 0 Å². The van der Waals surface area contributed by atoms with E-state index in [1.165, 1.54) is 33.2 Å². The minimum Gasteiger partial charge on any atom is -0.361 e. The first-order valence-corrected chi connectivity index (χ1v) is 10.0. The summed E-state index contributed by atoms with van der Waals surface area (Å²) in [6.07, 6.45) is 3.03. The van der Waals surface area contributed by atoms with Crippen molar-refractivity contribution in [1.82, 2.24) is 30.5 Å². The molecule has 2 heterocycles. The van der Waals surface area contributed by atoms with Crippen LogP contribution in [0, 0.1) is 20.8 Å². The molecule has 6 heteroatoms. The zero-order valence-electron chi connectivity index (χ0n) is 17.7. The first-order chi connectivity index (χ1) is 13.9. The van der Waals surface area contributed by atoms with Gasteiger partial charge in [-0.05, 0) is 74.2 Å². The second-order valence-corrected chi connectivity index (χ2v) is 8.32. The van der Waals surface area contributed by atoms with E-state index in [9.17, 15) is 0 Å². The van der Waals surface area contributed by atoms with Crippen LogP contribution in [-0.4, -0.2) is 31.7 Å². The van der Waals surface area contributed by atoms with Crippen LogP contribution in [0.5, 0.6) is 0 Å². The summed E-state index contributed by atoms with van der Waals surface area (Å²) in [5.41, 5.74) is 6.76. The van der Waals surface area contributed by atoms with E-state index in [1.54, 1.807) is 0 Å². The van der Waals surface area contributed by atoms with E-state index in [2.05, 4.69) is 103 Å². The van der Waals surface area contributed by atoms with Crippen LogP contribution in [0.4, 0.5) is 0 Å². The number of H-pyrrole nitrogens is 1. The molecule has 0 unspecified atom stereocenters. The van der Waals surface area contributed by atoms with Crippen molar-refractivity contribution in [3.63, 3.8) is 0 Å². The molecule has 29 heavy (non-hydrogen) atoms. The second kappa shape index (κ2) is 7.44. The van der Waals surface area contributed by atoms with Crippen LogP contribution >= 0.6 is 0 Å². The SMILES string of the molecule is Cc1cc(C)c(-n2nnnc2C(C)(C)NCCc2c[nH]c3ccccc23)c(C)c1. The lowest BCUT2D eigenvalue weighted by molar-refractivity contribution is 0.375. The zero-order valence-corrected chi connectivity index (χ0v) is 17.7. The molecule has 0 radical (unpaired) electrons. The van der Waals surface area contributed by atoms with Crippen molar-refractivity contribution >= 4 is 10.9 Å². The van der Waals surface area contributed by atoms with E-state index in [1.807, 2.05) is 4.68 Å². The Morgan fingerprint density at radius 3 is 2.55 bits per heavy atom. The number of hydrogen-bond acceptors (Lipinski definition) is 4. The summed E-state index contributed by atoms with van der Waals surface area (Å²) in [6.45, 7) is 11.4. The number of fused-ring (bicyclic) bond motifs is 1. The monoisotopic (exact) mass is 388 g/mol. The van der Waals surface area contributed by atoms with Gasteiger partial charge in [0.25, 0.3) is 0 Å². The number of para-hydroxylation sites is 1. The Morgan fingerprint density at radius 1 is 1.07 bits per heavy atom. The van der Waals surface area contributed by atoms with E-state index in [4.69, 9.17) is 0 Å². The van der Waals surface area contributed by atoms with E-state index in [0.29, 0.717) is 0 Å². The Bertz CT molecular complexity index is 1130. The third-order valence-corrected chi connectivity index (χ3v) is 5.51. The van der Waals surface area contributed by atoms with Gasteiger partial charge in [0.05, 0.1) is 11.2 Å². The number of nitrogens with zero attached hydrogens (tertiary/aromatic N) is 4. The van der Waals surface area contributed by atoms with Crippen molar-refractivity contribution in [2.45, 2.75) is 46.6 Å². The van der Waals surface area contributed by atoms with Gasteiger partial charge in [0, 0.05) is 23.6 Å². The number of aryl methyl sites for hydroxylation is 3. The Balaban J connectivity index is 1.55. The van der Waals surface area contributed by atoms with Crippen LogP contribution in [0.2, 0.25) is 0 Å². The highest BCUT2D eigenvalue weighted by atomic mass is 15.6. The van der Waals surface area contributed by atoms with Crippen LogP contribution < -0.4 is 5.32 Å². The molecule has 2 aromatic carbocycles. The van der Waals surface area contributed by atoms with Gasteiger partial charge in [-0.15, -0.1) is 5.10 Å². The Morgan fingerprint density at radius 2 is 1.79 bits per heavy atom. The average molecular weight is 389 g/mol. The molecule has 4 rings (SSSR count). The Kier molecular flexibility index (Phi) is 4.96. The van der Waals surface area contributed by atoms with Gasteiger partial charge in [-0.2, -0.15) is 4.68 Å². The van der Waals surface area contributed by atoms with E-state index in [0.717, 1.165) is 24.5 Å². The van der Waals surface area contributed by atoms with Gasteiger partial charge in [-0.3, -0.25) is 0 Å². The summed E-state index contributed by atoms with van der Waals surface area (Å²) < 4.78 is 1.88. The predicted molar refractivity (Wildman–Crippen MR) is 116 cm³/mol. The van der Waals surface area contributed by atoms with Crippen molar-refractivity contribution in [2.75, 3.05) is 6.54 Å². The molecular weight excluding hydrogens is 360 g/mol. The smallest absolute Gasteiger partial charge is 0.176 e. The lowest BCUT2D eigenvalue weighted by Gasteiger charge is -2.26. The maximum Gasteiger partial charge on any atom is 0.176 e. The minimum absolute atomic E-state index is 0.376. The van der Waals surface area contributed by atoms with Gasteiger partial charge >= 0.3 is 0 Å². The van der Waals surface area contributed by atoms with Gasteiger partial charge < -0.3 is 10.3 Å². The molecule has 4 aromatic rings. The van der Waals surface area contributed by atoms with Gasteiger partial charge in [0.2, 0.25) is 0 Å². The Hall–Kier alpha value is -2.99. The lowest BCUT2D eigenvalue weighted by atomic mass is 10.0. The highest BCUT2D eigenvalue weighted by Gasteiger charge is 2.28. The highest BCUT2D eigenvalue weighted by Crippen LogP contribution is 2.25. The largest absolute Gasteiger partial charge is 0.361 e. The van der Waals surface area contributed by atoms with Crippen LogP contribution in [-0.2, 0) is 12.0 Å². The maximum absolute atomic E-state index is 4.37. The molecule has 0 aliphatic heterocycles. The first-order valence-electron chi connectivity index (χ1n) is 10.0. The number of benzene rings is 2. The molecule has 0 saturated carbocycles. The molecule has 6 nitrogen and oxygen atoms in total. The average Bonchev–Trinajstić information content (AvgIpc) is 3.29. The summed E-state index contributed by atoms with van der Waals surface area (Å²) >= 11 is 0. The molecule has 0 aliphatic carbocycles. The number of tetrazole rings is 1. The van der Waals surface area contributed by atoms with E-state index < -0.39 is 0 Å². The number of hydrogen-bond donors (Lipinski definition) is 2. The second-order valence-electron chi connectivity index (χ2n) is 8.32. The molecule has 0 spiro atoms. The van der Waals surface area contributed by atoms with Crippen molar-refractivity contribution in [1.29, 1.82) is 0 Å². The van der Waals surface area contributed by atoms with Gasteiger partial charge in [-0.25, -0.2) is 0 Å². The third-order valence-electron chi connectivity index (χ3n) is 5.51. The summed E-state index contributed by atoms with van der Waals surface area (Å²) in [7, 11) is 0. The van der Waals surface area contributed by atoms with E-state index >= 15 is 0 Å². The first kappa shape index (κ1) is 19.3. The van der Waals surface area contributed by atoms with Crippen molar-refractivity contribution in [3.8, 4) is 5.69 Å². The van der Waals surface area contributed by atoms with Crippen LogP contribution in [0.3, 0.4) is 0 Å². The Labute approximate surface area is 171 Å². The molecule has 0 aliphatic rings. The minimum atomic E-state index is -0.376. The highest BCUT2D eigenvalue weighted by molar-refractivity contribution is 5.83. The molecule has 0 atom stereocenters. The van der Waals surface area contributed by atoms with Crippen LogP contribution in [0.25, 0.3) is 16.6 Å². The zero-order chi connectivity index (χ0) is 20.6. The number of rotatable bonds is 6. The number of aromatic nitrogens is 5. The van der Waals surface area contributed by atoms with Crippen LogP contribution in [0.1, 0.15) is 41.9 Å². The standard InChI is InChI=1S/C23H28N6/c1-15-12-16(2)21(17(3)13-15)29-22(26-27-28-29)23(4,5)25-11-10-18-14-24-20-9-7-6-8-19(18)20/h6-9,12-14,24-25H,10-11H2,1-5H3. The van der Waals surface area contributed by atoms with Crippen molar-refractivity contribution in [3.05, 3.63) is 70.7 Å². The molecule has 0 fully saturated rings. The summed E-state index contributed by atoms with van der Waals surface area (Å²) in [6, 6.07) is 12.7. The summed E-state index contributed by atoms with van der Waals surface area (Å²) in [5.74, 6) is 0.812. The maximum atomic E-state index is 4.37. The number of aromatic amines is 1. The molecule has 0 bridgehead atoms. The predicted octanol–water partition coefficient (Wildman–Crippen LogP) is 4.14. The third kappa shape index (κ3) is 3.68. The fourth-order valence-corrected chi connectivity index (χ4v) is 4.16. The topological polar surface area (TPSA) is 71.4 Å². The van der Waals surface area contributed by atoms with Crippen molar-refractivity contribution < 1.29 is 0 Å². The molecule has 150 valence electrons. The molecule has 0 saturated heterocycles. The summed E-state index contributed by atoms with van der Waals surface area (Å²) in [5, 5.41) is 17.6. The van der Waals surface area contributed by atoms with Crippen LogP contribution in [0.15, 0.2) is 42.6 Å².